The SMILES string of the molecule is C=CC(=O)OCCCOC(=O)C=C.CCC(C)OC.CCCCOC.CCOC(=O)/C=C/C(C)=O.CCOC(=O)CC(CCC(=O)OCCCOC(=O)CCC(CC(C)=O)C(=O)OCC)C(C)=O.COCC(C)C. The van der Waals surface area contributed by atoms with Gasteiger partial charge in [0.25, 0.3) is 0 Å². The first-order valence-corrected chi connectivity index (χ1v) is 25.0. The summed E-state index contributed by atoms with van der Waals surface area (Å²) in [7, 11) is 5.18. The van der Waals surface area contributed by atoms with Gasteiger partial charge in [-0.05, 0) is 86.1 Å². The number of methoxy groups -OCH3 is 3. The molecule has 3 atom stereocenters. The Hall–Kier alpha value is -5.60. The summed E-state index contributed by atoms with van der Waals surface area (Å²) >= 11 is 0. The van der Waals surface area contributed by atoms with Crippen LogP contribution in [0.2, 0.25) is 0 Å². The van der Waals surface area contributed by atoms with Gasteiger partial charge >= 0.3 is 41.8 Å². The van der Waals surface area contributed by atoms with Crippen LogP contribution in [-0.2, 0) is 95.3 Å². The molecular formula is C54H94O20. The number of carbonyl (C=O) groups is 10. The first-order valence-electron chi connectivity index (χ1n) is 25.0. The number of ether oxygens (including phenoxy) is 10. The summed E-state index contributed by atoms with van der Waals surface area (Å²) in [6.45, 7) is 29.2. The van der Waals surface area contributed by atoms with Gasteiger partial charge in [0.2, 0.25) is 0 Å². The lowest BCUT2D eigenvalue weighted by Gasteiger charge is -2.14. The molecule has 0 fully saturated rings. The molecule has 0 bridgehead atoms. The fraction of sp³-hybridized carbons (Fsp3) is 0.704. The second kappa shape index (κ2) is 60.0. The molecule has 0 aromatic heterocycles. The van der Waals surface area contributed by atoms with Crippen LogP contribution in [0.3, 0.4) is 0 Å². The Morgan fingerprint density at radius 3 is 1.28 bits per heavy atom. The van der Waals surface area contributed by atoms with E-state index in [9.17, 15) is 47.9 Å². The quantitative estimate of drug-likeness (QED) is 0.0255. The van der Waals surface area contributed by atoms with Gasteiger partial charge < -0.3 is 52.2 Å². The minimum Gasteiger partial charge on any atom is -0.466 e. The Morgan fingerprint density at radius 1 is 0.500 bits per heavy atom. The summed E-state index contributed by atoms with van der Waals surface area (Å²) in [6.07, 6.45) is 9.38. The first kappa shape index (κ1) is 79.8. The fourth-order valence-electron chi connectivity index (χ4n) is 4.63. The molecule has 0 aliphatic heterocycles. The molecule has 0 radical (unpaired) electrons. The third kappa shape index (κ3) is 68.5. The molecule has 0 saturated heterocycles. The lowest BCUT2D eigenvalue weighted by atomic mass is 9.95. The minimum absolute atomic E-state index is 0.00629. The average Bonchev–Trinajstić information content (AvgIpc) is 3.35. The molecule has 3 unspecified atom stereocenters. The van der Waals surface area contributed by atoms with Crippen LogP contribution in [0.15, 0.2) is 37.5 Å². The van der Waals surface area contributed by atoms with Gasteiger partial charge in [0.05, 0.1) is 64.7 Å². The summed E-state index contributed by atoms with van der Waals surface area (Å²) in [4.78, 5) is 112. The maximum absolute atomic E-state index is 11.9. The second-order valence-electron chi connectivity index (χ2n) is 16.0. The Kier molecular flexibility index (Phi) is 64.7. The molecule has 0 aliphatic rings. The van der Waals surface area contributed by atoms with Crippen molar-refractivity contribution in [3.63, 3.8) is 0 Å². The van der Waals surface area contributed by atoms with Crippen molar-refractivity contribution in [1.29, 1.82) is 0 Å². The van der Waals surface area contributed by atoms with E-state index in [1.54, 1.807) is 42.1 Å². The highest BCUT2D eigenvalue weighted by atomic mass is 16.6. The smallest absolute Gasteiger partial charge is 0.330 e. The van der Waals surface area contributed by atoms with E-state index in [2.05, 4.69) is 62.0 Å². The molecule has 0 aromatic rings. The van der Waals surface area contributed by atoms with Crippen LogP contribution in [0.5, 0.6) is 0 Å². The largest absolute Gasteiger partial charge is 0.466 e. The van der Waals surface area contributed by atoms with Gasteiger partial charge in [-0.3, -0.25) is 28.8 Å². The summed E-state index contributed by atoms with van der Waals surface area (Å²) in [6, 6.07) is 0. The normalized spacial score (nSPS) is 11.0. The summed E-state index contributed by atoms with van der Waals surface area (Å²) in [5.74, 6) is -4.59. The fourth-order valence-corrected chi connectivity index (χ4v) is 4.63. The van der Waals surface area contributed by atoms with Crippen LogP contribution < -0.4 is 0 Å². The highest BCUT2D eigenvalue weighted by Crippen LogP contribution is 2.16. The molecule has 0 heterocycles. The van der Waals surface area contributed by atoms with Gasteiger partial charge in [-0.25, -0.2) is 14.4 Å². The molecule has 20 nitrogen and oxygen atoms in total. The van der Waals surface area contributed by atoms with Crippen molar-refractivity contribution < 1.29 is 95.3 Å². The number of allylic oxidation sites excluding steroid dienone is 1. The lowest BCUT2D eigenvalue weighted by Crippen LogP contribution is -2.22. The summed E-state index contributed by atoms with van der Waals surface area (Å²) in [5, 5.41) is 0. The highest BCUT2D eigenvalue weighted by Gasteiger charge is 2.23. The van der Waals surface area contributed by atoms with E-state index in [1.807, 2.05) is 0 Å². The van der Waals surface area contributed by atoms with Crippen molar-refractivity contribution in [2.45, 2.75) is 153 Å². The van der Waals surface area contributed by atoms with E-state index in [0.29, 0.717) is 25.0 Å². The molecule has 0 spiro atoms. The lowest BCUT2D eigenvalue weighted by molar-refractivity contribution is -0.151. The molecule has 0 saturated carbocycles. The van der Waals surface area contributed by atoms with E-state index in [1.165, 1.54) is 39.7 Å². The van der Waals surface area contributed by atoms with E-state index in [0.717, 1.165) is 37.9 Å². The Balaban J connectivity index is -0.000000228. The topological polar surface area (TPSA) is 263 Å². The maximum Gasteiger partial charge on any atom is 0.330 e. The van der Waals surface area contributed by atoms with E-state index in [-0.39, 0.29) is 102 Å². The predicted molar refractivity (Wildman–Crippen MR) is 279 cm³/mol. The zero-order valence-electron chi connectivity index (χ0n) is 47.3. The van der Waals surface area contributed by atoms with Gasteiger partial charge in [-0.2, -0.15) is 0 Å². The van der Waals surface area contributed by atoms with Gasteiger partial charge in [-0.15, -0.1) is 0 Å². The van der Waals surface area contributed by atoms with Crippen molar-refractivity contribution in [3.8, 4) is 0 Å². The van der Waals surface area contributed by atoms with Crippen LogP contribution in [0, 0.1) is 17.8 Å². The van der Waals surface area contributed by atoms with Gasteiger partial charge in [0, 0.05) is 90.8 Å². The molecule has 0 aromatic carbocycles. The molecular weight excluding hydrogens is 969 g/mol. The van der Waals surface area contributed by atoms with Crippen LogP contribution >= 0.6 is 0 Å². The zero-order chi connectivity index (χ0) is 58.1. The minimum atomic E-state index is -0.682. The number of hydrogen-bond donors (Lipinski definition) is 0. The number of rotatable bonds is 34. The molecule has 74 heavy (non-hydrogen) atoms. The van der Waals surface area contributed by atoms with Crippen molar-refractivity contribution in [3.05, 3.63) is 37.5 Å². The Bertz CT molecular complexity index is 1520. The molecule has 0 rings (SSSR count). The number of esters is 7. The molecule has 430 valence electrons. The molecule has 20 heteroatoms. The van der Waals surface area contributed by atoms with Gasteiger partial charge in [-0.1, -0.05) is 47.3 Å². The van der Waals surface area contributed by atoms with Crippen molar-refractivity contribution in [2.75, 3.05) is 80.8 Å². The van der Waals surface area contributed by atoms with Crippen LogP contribution in [0.25, 0.3) is 0 Å². The van der Waals surface area contributed by atoms with E-state index < -0.39 is 53.6 Å². The van der Waals surface area contributed by atoms with Crippen LogP contribution in [-0.4, -0.2) is 146 Å². The number of hydrogen-bond acceptors (Lipinski definition) is 20. The number of carbonyl (C=O) groups excluding carboxylic acids is 10. The van der Waals surface area contributed by atoms with E-state index >= 15 is 0 Å². The van der Waals surface area contributed by atoms with Crippen LogP contribution in [0.4, 0.5) is 0 Å². The van der Waals surface area contributed by atoms with E-state index in [4.69, 9.17) is 33.2 Å². The predicted octanol–water partition coefficient (Wildman–Crippen LogP) is 8.02. The zero-order valence-corrected chi connectivity index (χ0v) is 47.3. The van der Waals surface area contributed by atoms with Crippen molar-refractivity contribution in [1.82, 2.24) is 0 Å². The molecule has 0 amide bonds. The average molecular weight is 1060 g/mol. The van der Waals surface area contributed by atoms with Crippen molar-refractivity contribution >= 4 is 59.1 Å². The van der Waals surface area contributed by atoms with Crippen LogP contribution in [0.1, 0.15) is 147 Å². The molecule has 0 N–H and O–H groups in total. The standard InChI is InChI=1S/C23H36O10.C9H12O4.C7H10O3.3C5H12O/c1-5-30-22(28)15-18(17(4)25)8-10-20(26)32-12-7-13-33-21(27)11-9-19(14-16(3)24)23(29)31-6-2;1-3-8(10)12-6-5-7-13-9(11)4-2;1-3-10-7(9)5-4-6(2)8;1-5(2)4-6-3;1-4-5(2)6-3;1-3-4-5-6-2/h18-19H,5-15H2,1-4H3;3-4H,1-2,5-7H2;4-5H,3H2,1-2H3;2*5H,4H2,1-3H3;3-5H2,1-2H3/b;;5-4+;;;. The maximum atomic E-state index is 11.9. The van der Waals surface area contributed by atoms with Gasteiger partial charge in [0.1, 0.15) is 11.6 Å². The first-order chi connectivity index (χ1) is 35.0. The summed E-state index contributed by atoms with van der Waals surface area (Å²) < 4.78 is 48.1. The number of Topliss-reactive ketones (excluding diaryl/α,β-unsaturated/α-hetero) is 2. The third-order valence-corrected chi connectivity index (χ3v) is 8.69. The molecule has 0 aliphatic carbocycles. The Morgan fingerprint density at radius 2 is 0.973 bits per heavy atom. The van der Waals surface area contributed by atoms with Crippen molar-refractivity contribution in [2.24, 2.45) is 17.8 Å². The Labute approximate surface area is 442 Å². The number of ketones is 3. The number of unbranched alkanes of at least 4 members (excludes halogenated alkanes) is 1. The third-order valence-electron chi connectivity index (χ3n) is 8.69. The summed E-state index contributed by atoms with van der Waals surface area (Å²) in [5.41, 5.74) is 0. The van der Waals surface area contributed by atoms with Gasteiger partial charge in [0.15, 0.2) is 5.78 Å². The highest BCUT2D eigenvalue weighted by molar-refractivity contribution is 5.94. The second-order valence-corrected chi connectivity index (χ2v) is 16.0. The monoisotopic (exact) mass is 1060 g/mol.